The third kappa shape index (κ3) is 1.91. The molecule has 4 heteroatoms. The van der Waals surface area contributed by atoms with Crippen LogP contribution in [0.5, 0.6) is 5.75 Å². The van der Waals surface area contributed by atoms with Crippen molar-refractivity contribution in [2.45, 2.75) is 17.7 Å². The van der Waals surface area contributed by atoms with E-state index >= 15 is 0 Å². The summed E-state index contributed by atoms with van der Waals surface area (Å²) in [4.78, 5) is 13.3. The number of aromatic hydroxyl groups is 1. The van der Waals surface area contributed by atoms with E-state index < -0.39 is 0 Å². The summed E-state index contributed by atoms with van der Waals surface area (Å²) in [5.41, 5.74) is 1.35. The molecule has 0 amide bonds. The van der Waals surface area contributed by atoms with E-state index in [4.69, 9.17) is 0 Å². The highest BCUT2D eigenvalue weighted by atomic mass is 32.2. The average Bonchev–Trinajstić information content (AvgIpc) is 2.47. The first-order valence-electron chi connectivity index (χ1n) is 6.62. The molecule has 0 aliphatic heterocycles. The molecule has 1 atom stereocenters. The van der Waals surface area contributed by atoms with E-state index in [9.17, 15) is 15.0 Å². The molecule has 1 aliphatic carbocycles. The van der Waals surface area contributed by atoms with E-state index in [2.05, 4.69) is 0 Å². The Morgan fingerprint density at radius 1 is 1.25 bits per heavy atom. The first kappa shape index (κ1) is 13.5. The monoisotopic (exact) mass is 288 g/mol. The first-order chi connectivity index (χ1) is 9.67. The molecule has 2 aromatic carbocycles. The van der Waals surface area contributed by atoms with Gasteiger partial charge in [0.25, 0.3) is 0 Å². The zero-order valence-corrected chi connectivity index (χ0v) is 12.0. The minimum atomic E-state index is -0.0659. The van der Waals surface area contributed by atoms with Gasteiger partial charge in [0.1, 0.15) is 5.75 Å². The second-order valence-corrected chi connectivity index (χ2v) is 5.98. The van der Waals surface area contributed by atoms with Crippen molar-refractivity contribution >= 4 is 28.3 Å². The lowest BCUT2D eigenvalue weighted by Gasteiger charge is -2.26. The molecule has 0 saturated heterocycles. The Bertz CT molecular complexity index is 694. The smallest absolute Gasteiger partial charge is 0.167 e. The molecule has 0 bridgehead atoms. The molecule has 0 radical (unpaired) electrons. The van der Waals surface area contributed by atoms with Crippen LogP contribution in [0.2, 0.25) is 0 Å². The Morgan fingerprint density at radius 2 is 1.95 bits per heavy atom. The van der Waals surface area contributed by atoms with E-state index in [1.807, 2.05) is 30.5 Å². The quantitative estimate of drug-likeness (QED) is 0.834. The number of rotatable bonds is 2. The molecule has 0 fully saturated rings. The number of hydrogen-bond donors (Lipinski definition) is 2. The maximum atomic E-state index is 12.3. The van der Waals surface area contributed by atoms with Crippen molar-refractivity contribution in [1.82, 2.24) is 0 Å². The lowest BCUT2D eigenvalue weighted by Crippen LogP contribution is -2.23. The Kier molecular flexibility index (Phi) is 3.44. The normalized spacial score (nSPS) is 18.3. The Labute approximate surface area is 121 Å². The summed E-state index contributed by atoms with van der Waals surface area (Å²) in [5.74, 6) is -0.0138. The summed E-state index contributed by atoms with van der Waals surface area (Å²) in [6, 6.07) is 7.61. The number of ketones is 1. The van der Waals surface area contributed by atoms with Crippen molar-refractivity contribution < 1.29 is 15.0 Å². The van der Waals surface area contributed by atoms with Gasteiger partial charge in [-0.1, -0.05) is 24.3 Å². The van der Waals surface area contributed by atoms with Gasteiger partial charge in [-0.2, -0.15) is 0 Å². The molecule has 0 heterocycles. The van der Waals surface area contributed by atoms with Crippen molar-refractivity contribution in [1.29, 1.82) is 0 Å². The van der Waals surface area contributed by atoms with E-state index in [0.29, 0.717) is 18.4 Å². The van der Waals surface area contributed by atoms with Crippen LogP contribution in [0.25, 0.3) is 10.8 Å². The number of thioether (sulfide) groups is 1. The van der Waals surface area contributed by atoms with Crippen LogP contribution in [0.4, 0.5) is 0 Å². The molecule has 2 aromatic rings. The van der Waals surface area contributed by atoms with Crippen molar-refractivity contribution in [2.24, 2.45) is 5.92 Å². The van der Waals surface area contributed by atoms with Crippen LogP contribution in [0.1, 0.15) is 22.3 Å². The largest absolute Gasteiger partial charge is 0.507 e. The molecule has 3 rings (SSSR count). The topological polar surface area (TPSA) is 57.5 Å². The van der Waals surface area contributed by atoms with E-state index in [1.165, 1.54) is 0 Å². The number of aliphatic hydroxyl groups excluding tert-OH is 1. The highest BCUT2D eigenvalue weighted by Crippen LogP contribution is 2.43. The van der Waals surface area contributed by atoms with Gasteiger partial charge < -0.3 is 10.2 Å². The molecule has 104 valence electrons. The van der Waals surface area contributed by atoms with Crippen LogP contribution in [0.3, 0.4) is 0 Å². The minimum Gasteiger partial charge on any atom is -0.507 e. The van der Waals surface area contributed by atoms with Crippen molar-refractivity contribution in [3.05, 3.63) is 35.4 Å². The second kappa shape index (κ2) is 5.11. The fraction of sp³-hybridized carbons (Fsp3) is 0.312. The second-order valence-electron chi connectivity index (χ2n) is 5.16. The van der Waals surface area contributed by atoms with Crippen LogP contribution < -0.4 is 0 Å². The number of carbonyl (C=O) groups excluding carboxylic acids is 1. The molecule has 1 unspecified atom stereocenters. The van der Waals surface area contributed by atoms with Crippen LogP contribution in [0.15, 0.2) is 29.2 Å². The minimum absolute atomic E-state index is 0.00654. The van der Waals surface area contributed by atoms with Gasteiger partial charge in [0, 0.05) is 23.3 Å². The molecule has 1 aliphatic rings. The Hall–Kier alpha value is -1.52. The fourth-order valence-corrected chi connectivity index (χ4v) is 3.85. The highest BCUT2D eigenvalue weighted by molar-refractivity contribution is 7.98. The number of phenolic OH excluding ortho intramolecular Hbond substituents is 1. The zero-order valence-electron chi connectivity index (χ0n) is 11.2. The summed E-state index contributed by atoms with van der Waals surface area (Å²) in [6.45, 7) is 0.00654. The summed E-state index contributed by atoms with van der Waals surface area (Å²) < 4.78 is 0. The maximum Gasteiger partial charge on any atom is 0.167 e. The molecular weight excluding hydrogens is 272 g/mol. The third-order valence-electron chi connectivity index (χ3n) is 3.95. The number of phenols is 1. The molecule has 20 heavy (non-hydrogen) atoms. The number of fused-ring (bicyclic) bond motifs is 2. The highest BCUT2D eigenvalue weighted by Gasteiger charge is 2.31. The standard InChI is InChI=1S/C16H16O3S/c1-20-16-11-5-3-2-4-10(11)15(19)14-12(16)6-9(8-17)7-13(14)18/h2-5,9,17,19H,6-8H2,1H3. The number of Topliss-reactive ketones (excluding diaryl/α,β-unsaturated/α-hetero) is 1. The lowest BCUT2D eigenvalue weighted by molar-refractivity contribution is 0.0915. The van der Waals surface area contributed by atoms with Crippen molar-refractivity contribution in [3.63, 3.8) is 0 Å². The van der Waals surface area contributed by atoms with Crippen LogP contribution in [-0.4, -0.2) is 28.9 Å². The van der Waals surface area contributed by atoms with Gasteiger partial charge in [0.15, 0.2) is 5.78 Å². The van der Waals surface area contributed by atoms with Crippen molar-refractivity contribution in [2.75, 3.05) is 12.9 Å². The van der Waals surface area contributed by atoms with E-state index in [0.717, 1.165) is 21.2 Å². The molecular formula is C16H16O3S. The number of hydrogen-bond acceptors (Lipinski definition) is 4. The third-order valence-corrected chi connectivity index (χ3v) is 4.82. The van der Waals surface area contributed by atoms with Gasteiger partial charge in [-0.05, 0) is 29.5 Å². The van der Waals surface area contributed by atoms with Gasteiger partial charge in [-0.3, -0.25) is 4.79 Å². The van der Waals surface area contributed by atoms with Gasteiger partial charge in [0.2, 0.25) is 0 Å². The van der Waals surface area contributed by atoms with Crippen LogP contribution in [-0.2, 0) is 6.42 Å². The summed E-state index contributed by atoms with van der Waals surface area (Å²) >= 11 is 1.59. The van der Waals surface area contributed by atoms with Gasteiger partial charge in [0.05, 0.1) is 5.56 Å². The van der Waals surface area contributed by atoms with Gasteiger partial charge in [-0.25, -0.2) is 0 Å². The Balaban J connectivity index is 2.37. The average molecular weight is 288 g/mol. The summed E-state index contributed by atoms with van der Waals surface area (Å²) in [5, 5.41) is 21.5. The SMILES string of the molecule is CSc1c2c(c(O)c3ccccc13)C(=O)CC(CO)C2. The number of benzene rings is 2. The number of aliphatic hydroxyl groups is 1. The van der Waals surface area contributed by atoms with Gasteiger partial charge >= 0.3 is 0 Å². The summed E-state index contributed by atoms with van der Waals surface area (Å²) in [6.07, 6.45) is 2.93. The molecule has 0 aromatic heterocycles. The molecule has 0 spiro atoms. The molecule has 2 N–H and O–H groups in total. The molecule has 0 saturated carbocycles. The van der Waals surface area contributed by atoms with Crippen LogP contribution in [0, 0.1) is 5.92 Å². The maximum absolute atomic E-state index is 12.3. The first-order valence-corrected chi connectivity index (χ1v) is 7.84. The lowest BCUT2D eigenvalue weighted by atomic mass is 9.81. The summed E-state index contributed by atoms with van der Waals surface area (Å²) in [7, 11) is 0. The zero-order chi connectivity index (χ0) is 14.3. The fourth-order valence-electron chi connectivity index (χ4n) is 3.02. The van der Waals surface area contributed by atoms with Crippen molar-refractivity contribution in [3.8, 4) is 5.75 Å². The van der Waals surface area contributed by atoms with E-state index in [-0.39, 0.29) is 24.1 Å². The Morgan fingerprint density at radius 3 is 2.60 bits per heavy atom. The van der Waals surface area contributed by atoms with Crippen LogP contribution >= 0.6 is 11.8 Å². The van der Waals surface area contributed by atoms with E-state index in [1.54, 1.807) is 11.8 Å². The predicted octanol–water partition coefficient (Wildman–Crippen LogP) is 3.00. The number of carbonyl (C=O) groups is 1. The molecule has 3 nitrogen and oxygen atoms in total. The predicted molar refractivity (Wildman–Crippen MR) is 80.6 cm³/mol. The van der Waals surface area contributed by atoms with Gasteiger partial charge in [-0.15, -0.1) is 11.8 Å².